The molecule has 0 amide bonds. The van der Waals surface area contributed by atoms with E-state index in [1.54, 1.807) is 11.3 Å². The number of nitrogen functional groups attached to an aromatic ring is 1. The first-order chi connectivity index (χ1) is 7.36. The van der Waals surface area contributed by atoms with Crippen LogP contribution in [-0.2, 0) is 13.0 Å². The molecule has 2 aromatic heterocycles. The van der Waals surface area contributed by atoms with Crippen LogP contribution in [0.15, 0.2) is 11.4 Å². The van der Waals surface area contributed by atoms with Crippen molar-refractivity contribution in [3.05, 3.63) is 17.3 Å². The Hall–Kier alpha value is -1.36. The van der Waals surface area contributed by atoms with E-state index in [9.17, 15) is 0 Å². The van der Waals surface area contributed by atoms with Gasteiger partial charge in [-0.3, -0.25) is 0 Å². The van der Waals surface area contributed by atoms with Gasteiger partial charge < -0.3 is 10.3 Å². The largest absolute Gasteiger partial charge is 0.390 e. The third-order valence-electron chi connectivity index (χ3n) is 2.80. The van der Waals surface area contributed by atoms with Crippen molar-refractivity contribution < 1.29 is 0 Å². The summed E-state index contributed by atoms with van der Waals surface area (Å²) in [5.74, 6) is 2.03. The zero-order chi connectivity index (χ0) is 10.3. The zero-order valence-electron chi connectivity index (χ0n) is 8.31. The van der Waals surface area contributed by atoms with Gasteiger partial charge in [-0.05, 0) is 24.3 Å². The smallest absolute Gasteiger partial charge is 0.166 e. The fraction of sp³-hybridized carbons (Fsp3) is 0.400. The van der Waals surface area contributed by atoms with E-state index in [4.69, 9.17) is 5.73 Å². The predicted molar refractivity (Wildman–Crippen MR) is 60.7 cm³/mol. The highest BCUT2D eigenvalue weighted by Gasteiger charge is 2.18. The number of thiophene rings is 1. The van der Waals surface area contributed by atoms with Crippen LogP contribution in [0.2, 0.25) is 0 Å². The van der Waals surface area contributed by atoms with Gasteiger partial charge in [-0.25, -0.2) is 0 Å². The molecule has 78 valence electrons. The number of fused-ring (bicyclic) bond motifs is 1. The lowest BCUT2D eigenvalue weighted by molar-refractivity contribution is 0.526. The first-order valence-corrected chi connectivity index (χ1v) is 5.99. The Balaban J connectivity index is 2.13. The number of hydrogen-bond donors (Lipinski definition) is 1. The Morgan fingerprint density at radius 1 is 1.33 bits per heavy atom. The number of hydrogen-bond acceptors (Lipinski definition) is 4. The summed E-state index contributed by atoms with van der Waals surface area (Å²) >= 11 is 1.55. The lowest BCUT2D eigenvalue weighted by Crippen LogP contribution is -2.11. The van der Waals surface area contributed by atoms with Gasteiger partial charge in [0.15, 0.2) is 5.82 Å². The van der Waals surface area contributed by atoms with Crippen LogP contribution in [0.3, 0.4) is 0 Å². The summed E-state index contributed by atoms with van der Waals surface area (Å²) in [5.41, 5.74) is 6.93. The zero-order valence-corrected chi connectivity index (χ0v) is 9.13. The Morgan fingerprint density at radius 2 is 2.27 bits per heavy atom. The minimum absolute atomic E-state index is 0.829. The molecule has 0 aromatic carbocycles. The van der Waals surface area contributed by atoms with E-state index in [-0.39, 0.29) is 0 Å². The van der Waals surface area contributed by atoms with Crippen LogP contribution in [0.1, 0.15) is 18.7 Å². The lowest BCUT2D eigenvalue weighted by Gasteiger charge is -2.14. The molecule has 5 heteroatoms. The van der Waals surface area contributed by atoms with E-state index in [1.807, 2.05) is 11.4 Å². The molecule has 0 radical (unpaired) electrons. The van der Waals surface area contributed by atoms with Crippen LogP contribution >= 0.6 is 11.3 Å². The fourth-order valence-electron chi connectivity index (χ4n) is 2.01. The Kier molecular flexibility index (Phi) is 1.98. The quantitative estimate of drug-likeness (QED) is 0.798. The van der Waals surface area contributed by atoms with Crippen molar-refractivity contribution in [2.75, 3.05) is 5.73 Å². The minimum Gasteiger partial charge on any atom is -0.390 e. The van der Waals surface area contributed by atoms with Crippen LogP contribution in [0.5, 0.6) is 0 Å². The third-order valence-corrected chi connectivity index (χ3v) is 3.54. The van der Waals surface area contributed by atoms with Crippen molar-refractivity contribution in [3.63, 3.8) is 0 Å². The molecule has 1 aliphatic rings. The van der Waals surface area contributed by atoms with Crippen LogP contribution in [-0.4, -0.2) is 14.8 Å². The molecule has 0 aliphatic carbocycles. The highest BCUT2D eigenvalue weighted by molar-refractivity contribution is 7.14. The Morgan fingerprint density at radius 3 is 3.07 bits per heavy atom. The highest BCUT2D eigenvalue weighted by atomic mass is 32.1. The molecule has 0 spiro atoms. The summed E-state index contributed by atoms with van der Waals surface area (Å²) < 4.78 is 2.20. The average molecular weight is 220 g/mol. The standard InChI is InChI=1S/C10H12N4S/c11-9-7(4-6-15-9)10-13-12-8-3-1-2-5-14(8)10/h4,6H,1-3,5,11H2. The SMILES string of the molecule is Nc1sccc1-c1nnc2n1CCCC2. The molecule has 3 heterocycles. The molecule has 1 aliphatic heterocycles. The number of anilines is 1. The first kappa shape index (κ1) is 8.91. The second-order valence-electron chi connectivity index (χ2n) is 3.75. The van der Waals surface area contributed by atoms with Crippen molar-refractivity contribution in [2.45, 2.75) is 25.8 Å². The molecule has 0 atom stereocenters. The van der Waals surface area contributed by atoms with Crippen LogP contribution in [0, 0.1) is 0 Å². The van der Waals surface area contributed by atoms with E-state index in [0.717, 1.165) is 35.2 Å². The van der Waals surface area contributed by atoms with Gasteiger partial charge in [0.1, 0.15) is 5.82 Å². The van der Waals surface area contributed by atoms with Gasteiger partial charge in [0.05, 0.1) is 10.6 Å². The van der Waals surface area contributed by atoms with E-state index in [1.165, 1.54) is 12.8 Å². The maximum atomic E-state index is 5.90. The molecule has 15 heavy (non-hydrogen) atoms. The topological polar surface area (TPSA) is 56.7 Å². The van der Waals surface area contributed by atoms with Crippen LogP contribution in [0.25, 0.3) is 11.4 Å². The average Bonchev–Trinajstić information content (AvgIpc) is 2.83. The van der Waals surface area contributed by atoms with Crippen molar-refractivity contribution in [3.8, 4) is 11.4 Å². The number of aromatic nitrogens is 3. The van der Waals surface area contributed by atoms with Gasteiger partial charge >= 0.3 is 0 Å². The molecule has 0 bridgehead atoms. The van der Waals surface area contributed by atoms with Gasteiger partial charge in [0.2, 0.25) is 0 Å². The van der Waals surface area contributed by atoms with Gasteiger partial charge in [-0.2, -0.15) is 0 Å². The van der Waals surface area contributed by atoms with E-state index in [0.29, 0.717) is 0 Å². The lowest BCUT2D eigenvalue weighted by atomic mass is 10.1. The summed E-state index contributed by atoms with van der Waals surface area (Å²) in [7, 11) is 0. The summed E-state index contributed by atoms with van der Waals surface area (Å²) in [6.07, 6.45) is 3.47. The maximum Gasteiger partial charge on any atom is 0.166 e. The van der Waals surface area contributed by atoms with Crippen LogP contribution < -0.4 is 5.73 Å². The molecule has 0 fully saturated rings. The maximum absolute atomic E-state index is 5.90. The molecule has 3 rings (SSSR count). The normalized spacial score (nSPS) is 15.2. The monoisotopic (exact) mass is 220 g/mol. The Labute approximate surface area is 91.7 Å². The molecule has 0 saturated carbocycles. The van der Waals surface area contributed by atoms with Crippen molar-refractivity contribution in [1.82, 2.24) is 14.8 Å². The van der Waals surface area contributed by atoms with Crippen molar-refractivity contribution in [1.29, 1.82) is 0 Å². The second kappa shape index (κ2) is 3.34. The molecule has 4 nitrogen and oxygen atoms in total. The molecule has 0 saturated heterocycles. The number of nitrogens with zero attached hydrogens (tertiary/aromatic N) is 3. The van der Waals surface area contributed by atoms with Gasteiger partial charge in [-0.1, -0.05) is 0 Å². The molecule has 0 unspecified atom stereocenters. The van der Waals surface area contributed by atoms with E-state index < -0.39 is 0 Å². The summed E-state index contributed by atoms with van der Waals surface area (Å²) in [5, 5.41) is 11.3. The third kappa shape index (κ3) is 1.34. The summed E-state index contributed by atoms with van der Waals surface area (Å²) in [6, 6.07) is 2.02. The van der Waals surface area contributed by atoms with Crippen LogP contribution in [0.4, 0.5) is 5.00 Å². The molecule has 2 N–H and O–H groups in total. The van der Waals surface area contributed by atoms with Crippen molar-refractivity contribution >= 4 is 16.3 Å². The second-order valence-corrected chi connectivity index (χ2v) is 4.69. The van der Waals surface area contributed by atoms with E-state index in [2.05, 4.69) is 14.8 Å². The van der Waals surface area contributed by atoms with Gasteiger partial charge in [0, 0.05) is 13.0 Å². The number of aryl methyl sites for hydroxylation is 1. The van der Waals surface area contributed by atoms with Gasteiger partial charge in [0.25, 0.3) is 0 Å². The minimum atomic E-state index is 0.829. The highest BCUT2D eigenvalue weighted by Crippen LogP contribution is 2.30. The Bertz CT molecular complexity index is 485. The van der Waals surface area contributed by atoms with E-state index >= 15 is 0 Å². The fourth-order valence-corrected chi connectivity index (χ4v) is 2.65. The van der Waals surface area contributed by atoms with Gasteiger partial charge in [-0.15, -0.1) is 21.5 Å². The summed E-state index contributed by atoms with van der Waals surface area (Å²) in [4.78, 5) is 0. The predicted octanol–water partition coefficient (Wildman–Crippen LogP) is 1.93. The molecule has 2 aromatic rings. The first-order valence-electron chi connectivity index (χ1n) is 5.11. The summed E-state index contributed by atoms with van der Waals surface area (Å²) in [6.45, 7) is 1.02. The van der Waals surface area contributed by atoms with Crippen molar-refractivity contribution in [2.24, 2.45) is 0 Å². The number of rotatable bonds is 1. The molecular formula is C10H12N4S. The number of nitrogens with two attached hydrogens (primary N) is 1. The molecular weight excluding hydrogens is 208 g/mol.